The van der Waals surface area contributed by atoms with Crippen molar-refractivity contribution in [1.29, 1.82) is 0 Å². The van der Waals surface area contributed by atoms with E-state index in [9.17, 15) is 19.2 Å². The Bertz CT molecular complexity index is 869. The summed E-state index contributed by atoms with van der Waals surface area (Å²) in [5, 5.41) is 2.62. The van der Waals surface area contributed by atoms with Crippen LogP contribution < -0.4 is 10.1 Å². The van der Waals surface area contributed by atoms with Crippen LogP contribution in [0, 0.1) is 11.8 Å². The largest absolute Gasteiger partial charge is 0.497 e. The molecule has 4 amide bonds. The van der Waals surface area contributed by atoms with Gasteiger partial charge in [-0.3, -0.25) is 24.1 Å². The highest BCUT2D eigenvalue weighted by atomic mass is 16.5. The van der Waals surface area contributed by atoms with Gasteiger partial charge in [0.05, 0.1) is 18.9 Å². The molecule has 32 heavy (non-hydrogen) atoms. The lowest BCUT2D eigenvalue weighted by Gasteiger charge is -2.31. The van der Waals surface area contributed by atoms with E-state index in [2.05, 4.69) is 5.32 Å². The molecule has 3 atom stereocenters. The molecule has 0 spiro atoms. The molecule has 3 rings (SSSR count). The normalized spacial score (nSPS) is 20.7. The average molecular weight is 442 g/mol. The van der Waals surface area contributed by atoms with Crippen LogP contribution in [0.3, 0.4) is 0 Å². The van der Waals surface area contributed by atoms with Gasteiger partial charge in [-0.2, -0.15) is 0 Å². The molecule has 0 saturated carbocycles. The zero-order valence-corrected chi connectivity index (χ0v) is 18.9. The van der Waals surface area contributed by atoms with Crippen molar-refractivity contribution in [2.24, 2.45) is 11.8 Å². The number of likely N-dealkylation sites (tertiary alicyclic amines) is 1. The highest BCUT2D eigenvalue weighted by Crippen LogP contribution is 2.35. The van der Waals surface area contributed by atoms with Crippen molar-refractivity contribution in [3.63, 3.8) is 0 Å². The zero-order valence-electron chi connectivity index (χ0n) is 18.9. The van der Waals surface area contributed by atoms with Gasteiger partial charge < -0.3 is 15.0 Å². The number of ether oxygens (including phenoxy) is 1. The quantitative estimate of drug-likeness (QED) is 0.466. The summed E-state index contributed by atoms with van der Waals surface area (Å²) in [5.74, 6) is -0.842. The maximum Gasteiger partial charge on any atom is 0.242 e. The van der Waals surface area contributed by atoms with Crippen molar-refractivity contribution in [3.05, 3.63) is 42.0 Å². The van der Waals surface area contributed by atoms with Crippen LogP contribution in [0.15, 0.2) is 36.4 Å². The number of benzene rings is 1. The van der Waals surface area contributed by atoms with E-state index >= 15 is 0 Å². The fourth-order valence-electron chi connectivity index (χ4n) is 4.45. The number of carbonyl (C=O) groups is 4. The summed E-state index contributed by atoms with van der Waals surface area (Å²) in [5.41, 5.74) is 0.854. The Hall–Kier alpha value is -3.16. The van der Waals surface area contributed by atoms with E-state index in [1.165, 1.54) is 9.80 Å². The number of carbonyl (C=O) groups excluding carboxylic acids is 4. The number of fused-ring (bicyclic) bond motifs is 1. The van der Waals surface area contributed by atoms with Gasteiger partial charge in [-0.15, -0.1) is 0 Å². The molecule has 8 nitrogen and oxygen atoms in total. The number of nitrogens with zero attached hydrogens (tertiary/aromatic N) is 2. The minimum atomic E-state index is -0.647. The predicted molar refractivity (Wildman–Crippen MR) is 118 cm³/mol. The Balaban J connectivity index is 1.73. The summed E-state index contributed by atoms with van der Waals surface area (Å²) in [6.45, 7) is 2.12. The Morgan fingerprint density at radius 1 is 1.12 bits per heavy atom. The van der Waals surface area contributed by atoms with E-state index in [1.54, 1.807) is 26.3 Å². The SMILES string of the molecule is CCC(C(=O)NC)N(Cc1ccc(OC)cc1)C(=O)CCN1C(=O)[C@H]2CC=CC[C@H]2C1=O. The van der Waals surface area contributed by atoms with Crippen molar-refractivity contribution in [2.45, 2.75) is 45.2 Å². The highest BCUT2D eigenvalue weighted by molar-refractivity contribution is 6.05. The van der Waals surface area contributed by atoms with E-state index in [0.29, 0.717) is 25.0 Å². The lowest BCUT2D eigenvalue weighted by atomic mass is 9.85. The van der Waals surface area contributed by atoms with Crippen LogP contribution in [0.5, 0.6) is 5.75 Å². The van der Waals surface area contributed by atoms with Gasteiger partial charge in [0, 0.05) is 26.6 Å². The molecule has 8 heteroatoms. The third kappa shape index (κ3) is 4.84. The Morgan fingerprint density at radius 2 is 1.72 bits per heavy atom. The molecule has 1 unspecified atom stereocenters. The summed E-state index contributed by atoms with van der Waals surface area (Å²) in [7, 11) is 3.12. The second-order valence-corrected chi connectivity index (χ2v) is 8.14. The third-order valence-electron chi connectivity index (χ3n) is 6.29. The summed E-state index contributed by atoms with van der Waals surface area (Å²) in [4.78, 5) is 53.9. The van der Waals surface area contributed by atoms with Gasteiger partial charge in [0.25, 0.3) is 0 Å². The fraction of sp³-hybridized carbons (Fsp3) is 0.500. The number of likely N-dealkylation sites (N-methyl/N-ethyl adjacent to an activating group) is 1. The van der Waals surface area contributed by atoms with Gasteiger partial charge >= 0.3 is 0 Å². The lowest BCUT2D eigenvalue weighted by molar-refractivity contribution is -0.144. The van der Waals surface area contributed by atoms with E-state index in [4.69, 9.17) is 4.74 Å². The maximum atomic E-state index is 13.2. The molecule has 1 aliphatic heterocycles. The molecule has 0 radical (unpaired) electrons. The van der Waals surface area contributed by atoms with E-state index < -0.39 is 6.04 Å². The first-order valence-electron chi connectivity index (χ1n) is 11.0. The Kier molecular flexibility index (Phi) is 7.66. The van der Waals surface area contributed by atoms with Gasteiger partial charge in [0.1, 0.15) is 11.8 Å². The summed E-state index contributed by atoms with van der Waals surface area (Å²) in [6, 6.07) is 6.65. The Morgan fingerprint density at radius 3 is 2.22 bits per heavy atom. The zero-order chi connectivity index (χ0) is 23.3. The average Bonchev–Trinajstić information content (AvgIpc) is 3.07. The highest BCUT2D eigenvalue weighted by Gasteiger charge is 2.47. The van der Waals surface area contributed by atoms with Crippen LogP contribution in [-0.2, 0) is 25.7 Å². The monoisotopic (exact) mass is 441 g/mol. The molecule has 2 aliphatic rings. The Labute approximate surface area is 188 Å². The second-order valence-electron chi connectivity index (χ2n) is 8.14. The molecule has 1 heterocycles. The van der Waals surface area contributed by atoms with Gasteiger partial charge in [0.2, 0.25) is 23.6 Å². The van der Waals surface area contributed by atoms with Crippen LogP contribution in [-0.4, -0.2) is 60.2 Å². The van der Waals surface area contributed by atoms with Crippen molar-refractivity contribution >= 4 is 23.6 Å². The molecule has 0 aromatic heterocycles. The maximum absolute atomic E-state index is 13.2. The minimum Gasteiger partial charge on any atom is -0.497 e. The smallest absolute Gasteiger partial charge is 0.242 e. The van der Waals surface area contributed by atoms with Crippen molar-refractivity contribution in [2.75, 3.05) is 20.7 Å². The van der Waals surface area contributed by atoms with E-state index in [0.717, 1.165) is 5.56 Å². The molecule has 1 fully saturated rings. The number of allylic oxidation sites excluding steroid dienone is 2. The van der Waals surface area contributed by atoms with Crippen LogP contribution in [0.2, 0.25) is 0 Å². The van der Waals surface area contributed by atoms with E-state index in [1.807, 2.05) is 31.2 Å². The molecule has 1 aromatic carbocycles. The van der Waals surface area contributed by atoms with Crippen molar-refractivity contribution in [1.82, 2.24) is 15.1 Å². The van der Waals surface area contributed by atoms with Gasteiger partial charge in [-0.05, 0) is 37.0 Å². The molecule has 172 valence electrons. The number of nitrogens with one attached hydrogen (secondary N) is 1. The number of rotatable bonds is 9. The van der Waals surface area contributed by atoms with E-state index in [-0.39, 0.29) is 55.0 Å². The first-order chi connectivity index (χ1) is 15.4. The van der Waals surface area contributed by atoms with Gasteiger partial charge in [-0.25, -0.2) is 0 Å². The molecule has 1 aromatic rings. The minimum absolute atomic E-state index is 0.0198. The molecule has 1 aliphatic carbocycles. The van der Waals surface area contributed by atoms with Crippen LogP contribution in [0.1, 0.15) is 38.2 Å². The summed E-state index contributed by atoms with van der Waals surface area (Å²) >= 11 is 0. The predicted octanol–water partition coefficient (Wildman–Crippen LogP) is 1.89. The number of hydrogen-bond donors (Lipinski definition) is 1. The molecule has 1 saturated heterocycles. The molecule has 1 N–H and O–H groups in total. The summed E-state index contributed by atoms with van der Waals surface area (Å²) in [6.07, 6.45) is 5.43. The standard InChI is InChI=1S/C24H31N3O5/c1-4-20(22(29)25-2)27(15-16-9-11-17(32-3)12-10-16)21(28)13-14-26-23(30)18-7-5-6-8-19(18)24(26)31/h5-6,9-12,18-20H,4,7-8,13-15H2,1-3H3,(H,25,29)/t18-,19+,20?. The molecular formula is C24H31N3O5. The first kappa shape index (κ1) is 23.5. The van der Waals surface area contributed by atoms with Gasteiger partial charge in [-0.1, -0.05) is 31.2 Å². The number of imide groups is 1. The number of methoxy groups -OCH3 is 1. The van der Waals surface area contributed by atoms with Crippen LogP contribution in [0.25, 0.3) is 0 Å². The second kappa shape index (κ2) is 10.4. The summed E-state index contributed by atoms with van der Waals surface area (Å²) < 4.78 is 5.18. The number of amides is 4. The topological polar surface area (TPSA) is 96.0 Å². The first-order valence-corrected chi connectivity index (χ1v) is 11.0. The fourth-order valence-corrected chi connectivity index (χ4v) is 4.45. The van der Waals surface area contributed by atoms with Crippen molar-refractivity contribution in [3.8, 4) is 5.75 Å². The third-order valence-corrected chi connectivity index (χ3v) is 6.29. The number of hydrogen-bond acceptors (Lipinski definition) is 5. The molecular weight excluding hydrogens is 410 g/mol. The lowest BCUT2D eigenvalue weighted by Crippen LogP contribution is -2.49. The van der Waals surface area contributed by atoms with Crippen molar-refractivity contribution < 1.29 is 23.9 Å². The molecule has 0 bridgehead atoms. The van der Waals surface area contributed by atoms with Crippen LogP contribution in [0.4, 0.5) is 0 Å². The van der Waals surface area contributed by atoms with Gasteiger partial charge in [0.15, 0.2) is 0 Å². The van der Waals surface area contributed by atoms with Crippen LogP contribution >= 0.6 is 0 Å².